The molecule has 1 aliphatic heterocycles. The maximum atomic E-state index is 12.6. The standard InChI is InChI=1S/C21H30N4O2/c1-4-17-7-6-8-18(5-2)21(17)22-20(26)15-25-11-9-24(10-12-25)14-19-13-16(3)27-23-19/h6-8,13H,4-5,9-12,14-15H2,1-3H3,(H,22,26). The van der Waals surface area contributed by atoms with Crippen molar-refractivity contribution in [3.63, 3.8) is 0 Å². The van der Waals surface area contributed by atoms with Gasteiger partial charge in [0.05, 0.1) is 12.2 Å². The van der Waals surface area contributed by atoms with Gasteiger partial charge in [0.25, 0.3) is 0 Å². The number of rotatable bonds is 7. The molecule has 6 heteroatoms. The smallest absolute Gasteiger partial charge is 0.238 e. The van der Waals surface area contributed by atoms with Crippen LogP contribution in [0.2, 0.25) is 0 Å². The molecule has 2 heterocycles. The Labute approximate surface area is 161 Å². The van der Waals surface area contributed by atoms with Gasteiger partial charge in [-0.1, -0.05) is 37.2 Å². The Hall–Kier alpha value is -2.18. The molecule has 1 amide bonds. The number of aromatic nitrogens is 1. The number of amides is 1. The number of hydrogen-bond acceptors (Lipinski definition) is 5. The Balaban J connectivity index is 1.50. The summed E-state index contributed by atoms with van der Waals surface area (Å²) in [4.78, 5) is 17.2. The highest BCUT2D eigenvalue weighted by molar-refractivity contribution is 5.93. The van der Waals surface area contributed by atoms with Gasteiger partial charge in [-0.3, -0.25) is 14.6 Å². The SMILES string of the molecule is CCc1cccc(CC)c1NC(=O)CN1CCN(Cc2cc(C)on2)CC1. The van der Waals surface area contributed by atoms with E-state index >= 15 is 0 Å². The molecule has 27 heavy (non-hydrogen) atoms. The molecule has 1 aliphatic rings. The van der Waals surface area contributed by atoms with Crippen molar-refractivity contribution in [3.8, 4) is 0 Å². The van der Waals surface area contributed by atoms with E-state index in [-0.39, 0.29) is 5.91 Å². The van der Waals surface area contributed by atoms with Gasteiger partial charge in [-0.25, -0.2) is 0 Å². The van der Waals surface area contributed by atoms with Crippen molar-refractivity contribution in [2.45, 2.75) is 40.2 Å². The Kier molecular flexibility index (Phi) is 6.63. The number of benzene rings is 1. The van der Waals surface area contributed by atoms with E-state index in [1.807, 2.05) is 13.0 Å². The highest BCUT2D eigenvalue weighted by atomic mass is 16.5. The Morgan fingerprint density at radius 2 is 1.74 bits per heavy atom. The number of anilines is 1. The topological polar surface area (TPSA) is 61.6 Å². The highest BCUT2D eigenvalue weighted by Gasteiger charge is 2.20. The Morgan fingerprint density at radius 3 is 2.30 bits per heavy atom. The second-order valence-corrected chi connectivity index (χ2v) is 7.19. The number of aryl methyl sites for hydroxylation is 3. The molecule has 0 spiro atoms. The zero-order chi connectivity index (χ0) is 19.2. The number of para-hydroxylation sites is 1. The molecule has 3 rings (SSSR count). The summed E-state index contributed by atoms with van der Waals surface area (Å²) in [5.41, 5.74) is 4.39. The predicted octanol–water partition coefficient (Wildman–Crippen LogP) is 2.86. The minimum atomic E-state index is 0.0752. The van der Waals surface area contributed by atoms with E-state index in [9.17, 15) is 4.79 Å². The van der Waals surface area contributed by atoms with Crippen LogP contribution < -0.4 is 5.32 Å². The van der Waals surface area contributed by atoms with Gasteiger partial charge in [0.2, 0.25) is 5.91 Å². The van der Waals surface area contributed by atoms with Crippen LogP contribution in [0.5, 0.6) is 0 Å². The van der Waals surface area contributed by atoms with Crippen molar-refractivity contribution < 1.29 is 9.32 Å². The minimum absolute atomic E-state index is 0.0752. The fraction of sp³-hybridized carbons (Fsp3) is 0.524. The molecule has 0 saturated carbocycles. The van der Waals surface area contributed by atoms with Crippen molar-refractivity contribution in [1.82, 2.24) is 15.0 Å². The summed E-state index contributed by atoms with van der Waals surface area (Å²) >= 11 is 0. The second-order valence-electron chi connectivity index (χ2n) is 7.19. The van der Waals surface area contributed by atoms with Crippen LogP contribution in [0.3, 0.4) is 0 Å². The minimum Gasteiger partial charge on any atom is -0.361 e. The van der Waals surface area contributed by atoms with Gasteiger partial charge in [0, 0.05) is 44.5 Å². The van der Waals surface area contributed by atoms with E-state index in [1.165, 1.54) is 11.1 Å². The first-order valence-electron chi connectivity index (χ1n) is 9.86. The van der Waals surface area contributed by atoms with Crippen LogP contribution in [0.4, 0.5) is 5.69 Å². The Morgan fingerprint density at radius 1 is 1.11 bits per heavy atom. The lowest BCUT2D eigenvalue weighted by molar-refractivity contribution is -0.117. The van der Waals surface area contributed by atoms with E-state index in [4.69, 9.17) is 4.52 Å². The summed E-state index contributed by atoms with van der Waals surface area (Å²) in [5.74, 6) is 0.922. The van der Waals surface area contributed by atoms with Crippen LogP contribution in [0.1, 0.15) is 36.4 Å². The maximum absolute atomic E-state index is 12.6. The lowest BCUT2D eigenvalue weighted by atomic mass is 10.0. The first kappa shape index (κ1) is 19.6. The van der Waals surface area contributed by atoms with E-state index in [0.717, 1.165) is 62.7 Å². The second kappa shape index (κ2) is 9.15. The van der Waals surface area contributed by atoms with Crippen molar-refractivity contribution in [2.24, 2.45) is 0 Å². The molecule has 6 nitrogen and oxygen atoms in total. The molecule has 0 atom stereocenters. The maximum Gasteiger partial charge on any atom is 0.238 e. The monoisotopic (exact) mass is 370 g/mol. The molecule has 0 aliphatic carbocycles. The van der Waals surface area contributed by atoms with Crippen LogP contribution in [-0.2, 0) is 24.2 Å². The summed E-state index contributed by atoms with van der Waals surface area (Å²) in [7, 11) is 0. The van der Waals surface area contributed by atoms with Crippen molar-refractivity contribution in [2.75, 3.05) is 38.0 Å². The fourth-order valence-electron chi connectivity index (χ4n) is 3.61. The Bertz CT molecular complexity index is 741. The number of carbonyl (C=O) groups is 1. The van der Waals surface area contributed by atoms with Gasteiger partial charge in [0.1, 0.15) is 5.76 Å². The summed E-state index contributed by atoms with van der Waals surface area (Å²) < 4.78 is 5.13. The molecule has 146 valence electrons. The van der Waals surface area contributed by atoms with Gasteiger partial charge in [-0.2, -0.15) is 0 Å². The molecule has 0 unspecified atom stereocenters. The lowest BCUT2D eigenvalue weighted by Gasteiger charge is -2.33. The lowest BCUT2D eigenvalue weighted by Crippen LogP contribution is -2.48. The van der Waals surface area contributed by atoms with Crippen molar-refractivity contribution in [1.29, 1.82) is 0 Å². The highest BCUT2D eigenvalue weighted by Crippen LogP contribution is 2.22. The number of hydrogen-bond donors (Lipinski definition) is 1. The first-order valence-corrected chi connectivity index (χ1v) is 9.86. The van der Waals surface area contributed by atoms with Gasteiger partial charge >= 0.3 is 0 Å². The molecular weight excluding hydrogens is 340 g/mol. The van der Waals surface area contributed by atoms with Gasteiger partial charge in [-0.15, -0.1) is 0 Å². The van der Waals surface area contributed by atoms with E-state index < -0.39 is 0 Å². The van der Waals surface area contributed by atoms with Crippen LogP contribution in [-0.4, -0.2) is 53.6 Å². The number of nitrogens with zero attached hydrogens (tertiary/aromatic N) is 3. The number of piperazine rings is 1. The molecular formula is C21H30N4O2. The predicted molar refractivity (Wildman–Crippen MR) is 107 cm³/mol. The third kappa shape index (κ3) is 5.17. The molecule has 1 N–H and O–H groups in total. The molecule has 0 bridgehead atoms. The summed E-state index contributed by atoms with van der Waals surface area (Å²) in [6, 6.07) is 8.25. The van der Waals surface area contributed by atoms with Crippen LogP contribution in [0.15, 0.2) is 28.8 Å². The quantitative estimate of drug-likeness (QED) is 0.812. The average molecular weight is 370 g/mol. The average Bonchev–Trinajstić information content (AvgIpc) is 3.08. The first-order chi connectivity index (χ1) is 13.1. The van der Waals surface area contributed by atoms with Crippen molar-refractivity contribution in [3.05, 3.63) is 46.8 Å². The summed E-state index contributed by atoms with van der Waals surface area (Å²) in [5, 5.41) is 7.23. The molecule has 1 saturated heterocycles. The van der Waals surface area contributed by atoms with E-state index in [1.54, 1.807) is 0 Å². The zero-order valence-corrected chi connectivity index (χ0v) is 16.6. The van der Waals surface area contributed by atoms with Crippen molar-refractivity contribution >= 4 is 11.6 Å². The van der Waals surface area contributed by atoms with Crippen LogP contribution in [0.25, 0.3) is 0 Å². The largest absolute Gasteiger partial charge is 0.361 e. The normalized spacial score (nSPS) is 15.8. The summed E-state index contributed by atoms with van der Waals surface area (Å²) in [6.45, 7) is 11.1. The third-order valence-corrected chi connectivity index (χ3v) is 5.16. The third-order valence-electron chi connectivity index (χ3n) is 5.16. The van der Waals surface area contributed by atoms with Gasteiger partial charge in [0.15, 0.2) is 0 Å². The molecule has 0 radical (unpaired) electrons. The van der Waals surface area contributed by atoms with Crippen LogP contribution in [0, 0.1) is 6.92 Å². The van der Waals surface area contributed by atoms with Gasteiger partial charge < -0.3 is 9.84 Å². The zero-order valence-electron chi connectivity index (χ0n) is 16.6. The molecule has 1 aromatic carbocycles. The number of carbonyl (C=O) groups excluding carboxylic acids is 1. The van der Waals surface area contributed by atoms with E-state index in [0.29, 0.717) is 6.54 Å². The molecule has 1 aromatic heterocycles. The van der Waals surface area contributed by atoms with Gasteiger partial charge in [-0.05, 0) is 30.9 Å². The number of nitrogens with one attached hydrogen (secondary N) is 1. The molecule has 2 aromatic rings. The van der Waals surface area contributed by atoms with Crippen LogP contribution >= 0.6 is 0 Å². The molecule has 1 fully saturated rings. The fourth-order valence-corrected chi connectivity index (χ4v) is 3.61. The van der Waals surface area contributed by atoms with E-state index in [2.05, 4.69) is 52.3 Å². The summed E-state index contributed by atoms with van der Waals surface area (Å²) in [6.07, 6.45) is 1.84.